The molecule has 0 aliphatic heterocycles. The van der Waals surface area contributed by atoms with Gasteiger partial charge in [0.05, 0.1) is 19.8 Å². The van der Waals surface area contributed by atoms with Crippen LogP contribution in [0.2, 0.25) is 0 Å². The van der Waals surface area contributed by atoms with E-state index in [0.717, 1.165) is 57.8 Å². The van der Waals surface area contributed by atoms with Gasteiger partial charge in [0.1, 0.15) is 12.7 Å². The molecular weight excluding hydrogens is 671 g/mol. The summed E-state index contributed by atoms with van der Waals surface area (Å²) in [5.74, 6) is -0.927. The van der Waals surface area contributed by atoms with Gasteiger partial charge in [-0.25, -0.2) is 4.57 Å². The summed E-state index contributed by atoms with van der Waals surface area (Å²) >= 11 is 0. The van der Waals surface area contributed by atoms with Crippen LogP contribution >= 0.6 is 7.82 Å². The third-order valence-corrected chi connectivity index (χ3v) is 9.87. The number of unbranched alkanes of at least 4 members (excludes halogenated alkanes) is 23. The Morgan fingerprint density at radius 1 is 0.569 bits per heavy atom. The molecule has 2 unspecified atom stereocenters. The van der Waals surface area contributed by atoms with Crippen molar-refractivity contribution < 1.29 is 47.8 Å². The van der Waals surface area contributed by atoms with Crippen molar-refractivity contribution in [2.75, 3.05) is 26.4 Å². The number of rotatable bonds is 39. The zero-order valence-corrected chi connectivity index (χ0v) is 33.5. The van der Waals surface area contributed by atoms with Crippen molar-refractivity contribution in [3.8, 4) is 0 Å². The van der Waals surface area contributed by atoms with E-state index >= 15 is 0 Å². The van der Waals surface area contributed by atoms with Gasteiger partial charge >= 0.3 is 19.8 Å². The van der Waals surface area contributed by atoms with E-state index in [1.807, 2.05) is 0 Å². The first kappa shape index (κ1) is 49.7. The largest absolute Gasteiger partial charge is 0.472 e. The smallest absolute Gasteiger partial charge is 0.462 e. The molecule has 3 N–H and O–H groups in total. The highest BCUT2D eigenvalue weighted by atomic mass is 31.2. The normalized spacial score (nSPS) is 14.1. The van der Waals surface area contributed by atoms with E-state index in [1.165, 1.54) is 96.3 Å². The van der Waals surface area contributed by atoms with E-state index in [0.29, 0.717) is 12.8 Å². The average Bonchev–Trinajstić information content (AvgIpc) is 3.12. The number of phosphoric acid groups is 1. The van der Waals surface area contributed by atoms with Crippen LogP contribution in [0.1, 0.15) is 194 Å². The minimum Gasteiger partial charge on any atom is -0.462 e. The first-order valence-corrected chi connectivity index (χ1v) is 22.1. The summed E-state index contributed by atoms with van der Waals surface area (Å²) in [6.45, 7) is 2.37. The lowest BCUT2D eigenvalue weighted by Crippen LogP contribution is -2.29. The fourth-order valence-electron chi connectivity index (χ4n) is 5.69. The number of aliphatic hydroxyl groups excluding tert-OH is 2. The van der Waals surface area contributed by atoms with E-state index in [9.17, 15) is 24.2 Å². The molecule has 10 nitrogen and oxygen atoms in total. The predicted molar refractivity (Wildman–Crippen MR) is 205 cm³/mol. The number of carbonyl (C=O) groups excluding carboxylic acids is 2. The minimum atomic E-state index is -4.61. The molecule has 302 valence electrons. The Labute approximate surface area is 311 Å². The lowest BCUT2D eigenvalue weighted by molar-refractivity contribution is -0.161. The summed E-state index contributed by atoms with van der Waals surface area (Å²) in [7, 11) is -4.61. The quantitative estimate of drug-likeness (QED) is 0.0240. The van der Waals surface area contributed by atoms with Crippen molar-refractivity contribution in [2.45, 2.75) is 206 Å². The van der Waals surface area contributed by atoms with Gasteiger partial charge in [-0.05, 0) is 38.5 Å². The standard InChI is InChI=1S/C40H77O10P/c1-3-5-7-9-11-13-15-17-18-20-22-24-26-28-30-32-40(44)50-38(36-49-51(45,46)48-34-37(42)33-41)35-47-39(43)31-29-27-25-23-21-19-16-14-12-10-8-6-4-2/h17-18,37-38,41-42H,3-16,19-36H2,1-2H3,(H,45,46)/b18-17-/t37-,38?/m0/s1. The second-order valence-electron chi connectivity index (χ2n) is 14.0. The molecule has 0 aromatic rings. The van der Waals surface area contributed by atoms with Crippen molar-refractivity contribution in [3.63, 3.8) is 0 Å². The Kier molecular flexibility index (Phi) is 36.1. The second kappa shape index (κ2) is 37.0. The lowest BCUT2D eigenvalue weighted by atomic mass is 10.0. The molecular formula is C40H77O10P. The van der Waals surface area contributed by atoms with Crippen LogP contribution in [0.15, 0.2) is 12.2 Å². The minimum absolute atomic E-state index is 0.178. The van der Waals surface area contributed by atoms with E-state index in [4.69, 9.17) is 19.1 Å². The van der Waals surface area contributed by atoms with Gasteiger partial charge in [-0.1, -0.05) is 154 Å². The van der Waals surface area contributed by atoms with Gasteiger partial charge in [0, 0.05) is 12.8 Å². The Morgan fingerprint density at radius 2 is 0.961 bits per heavy atom. The van der Waals surface area contributed by atoms with E-state index in [1.54, 1.807) is 0 Å². The first-order valence-electron chi connectivity index (χ1n) is 20.6. The summed E-state index contributed by atoms with van der Waals surface area (Å²) in [4.78, 5) is 34.9. The fourth-order valence-corrected chi connectivity index (χ4v) is 6.48. The number of ether oxygens (including phenoxy) is 2. The summed E-state index contributed by atoms with van der Waals surface area (Å²) in [5, 5.41) is 18.3. The summed E-state index contributed by atoms with van der Waals surface area (Å²) in [5.41, 5.74) is 0. The molecule has 0 radical (unpaired) electrons. The van der Waals surface area contributed by atoms with Crippen LogP contribution in [0.25, 0.3) is 0 Å². The zero-order chi connectivity index (χ0) is 37.7. The molecule has 0 aliphatic carbocycles. The SMILES string of the molecule is CCCCCCCC/C=C\CCCCCCCC(=O)OC(COC(=O)CCCCCCCCCCCCCCC)COP(=O)(O)OC[C@@H](O)CO. The summed E-state index contributed by atoms with van der Waals surface area (Å²) in [6, 6.07) is 0. The summed E-state index contributed by atoms with van der Waals surface area (Å²) in [6.07, 6.45) is 33.2. The van der Waals surface area contributed by atoms with Crippen molar-refractivity contribution in [1.82, 2.24) is 0 Å². The maximum absolute atomic E-state index is 12.6. The van der Waals surface area contributed by atoms with Crippen LogP contribution in [0.4, 0.5) is 0 Å². The van der Waals surface area contributed by atoms with Crippen LogP contribution in [0.3, 0.4) is 0 Å². The average molecular weight is 749 g/mol. The number of phosphoric ester groups is 1. The number of allylic oxidation sites excluding steroid dienone is 2. The molecule has 0 bridgehead atoms. The number of aliphatic hydroxyl groups is 2. The number of esters is 2. The van der Waals surface area contributed by atoms with Gasteiger partial charge < -0.3 is 24.6 Å². The molecule has 0 spiro atoms. The Hall–Kier alpha value is -1.29. The van der Waals surface area contributed by atoms with Gasteiger partial charge in [0.25, 0.3) is 0 Å². The summed E-state index contributed by atoms with van der Waals surface area (Å²) < 4.78 is 32.6. The molecule has 51 heavy (non-hydrogen) atoms. The third-order valence-electron chi connectivity index (χ3n) is 8.92. The first-order chi connectivity index (χ1) is 24.7. The van der Waals surface area contributed by atoms with E-state index < -0.39 is 51.8 Å². The van der Waals surface area contributed by atoms with Gasteiger partial charge in [-0.2, -0.15) is 0 Å². The molecule has 0 saturated heterocycles. The highest BCUT2D eigenvalue weighted by Gasteiger charge is 2.27. The fraction of sp³-hybridized carbons (Fsp3) is 0.900. The molecule has 11 heteroatoms. The number of carbonyl (C=O) groups is 2. The van der Waals surface area contributed by atoms with Crippen molar-refractivity contribution in [2.24, 2.45) is 0 Å². The zero-order valence-electron chi connectivity index (χ0n) is 32.6. The molecule has 0 aliphatic rings. The molecule has 3 atom stereocenters. The van der Waals surface area contributed by atoms with Crippen LogP contribution in [-0.2, 0) is 32.7 Å². The van der Waals surface area contributed by atoms with Crippen LogP contribution in [0, 0.1) is 0 Å². The van der Waals surface area contributed by atoms with Crippen molar-refractivity contribution in [1.29, 1.82) is 0 Å². The molecule has 0 amide bonds. The molecule has 0 heterocycles. The number of hydrogen-bond donors (Lipinski definition) is 3. The Balaban J connectivity index is 4.32. The Morgan fingerprint density at radius 3 is 1.41 bits per heavy atom. The van der Waals surface area contributed by atoms with Gasteiger partial charge in [-0.3, -0.25) is 18.6 Å². The molecule has 0 rings (SSSR count). The highest BCUT2D eigenvalue weighted by molar-refractivity contribution is 7.47. The van der Waals surface area contributed by atoms with Crippen LogP contribution in [-0.4, -0.2) is 65.7 Å². The maximum atomic E-state index is 12.6. The molecule has 0 aromatic heterocycles. The third kappa shape index (κ3) is 36.8. The Bertz CT molecular complexity index is 868. The van der Waals surface area contributed by atoms with Crippen LogP contribution < -0.4 is 0 Å². The van der Waals surface area contributed by atoms with E-state index in [2.05, 4.69) is 30.5 Å². The van der Waals surface area contributed by atoms with Gasteiger partial charge in [0.2, 0.25) is 0 Å². The van der Waals surface area contributed by atoms with Crippen molar-refractivity contribution in [3.05, 3.63) is 12.2 Å². The van der Waals surface area contributed by atoms with E-state index in [-0.39, 0.29) is 19.4 Å². The van der Waals surface area contributed by atoms with Gasteiger partial charge in [-0.15, -0.1) is 0 Å². The lowest BCUT2D eigenvalue weighted by Gasteiger charge is -2.20. The maximum Gasteiger partial charge on any atom is 0.472 e. The molecule has 0 fully saturated rings. The van der Waals surface area contributed by atoms with Crippen molar-refractivity contribution >= 4 is 19.8 Å². The predicted octanol–water partition coefficient (Wildman–Crippen LogP) is 10.4. The van der Waals surface area contributed by atoms with Crippen LogP contribution in [0.5, 0.6) is 0 Å². The highest BCUT2D eigenvalue weighted by Crippen LogP contribution is 2.43. The number of hydrogen-bond acceptors (Lipinski definition) is 9. The topological polar surface area (TPSA) is 149 Å². The molecule has 0 saturated carbocycles. The monoisotopic (exact) mass is 749 g/mol. The second-order valence-corrected chi connectivity index (χ2v) is 15.5. The molecule has 0 aromatic carbocycles. The van der Waals surface area contributed by atoms with Gasteiger partial charge in [0.15, 0.2) is 6.10 Å².